The van der Waals surface area contributed by atoms with Gasteiger partial charge in [0.15, 0.2) is 17.6 Å². The number of benzene rings is 1. The maximum Gasteiger partial charge on any atom is 0.184 e. The second-order valence-corrected chi connectivity index (χ2v) is 4.66. The fraction of sp³-hybridized carbons (Fsp3) is 0.533. The lowest BCUT2D eigenvalue weighted by atomic mass is 10.2. The molecule has 0 amide bonds. The molecule has 1 aromatic carbocycles. The Morgan fingerprint density at radius 1 is 1.32 bits per heavy atom. The minimum absolute atomic E-state index is 0.425. The Hall–Kier alpha value is -1.73. The highest BCUT2D eigenvalue weighted by Gasteiger charge is 2.11. The molecule has 0 aromatic heterocycles. The Bertz CT molecular complexity index is 438. The lowest BCUT2D eigenvalue weighted by molar-refractivity contribution is 0.238. The summed E-state index contributed by atoms with van der Waals surface area (Å²) in [5.74, 6) is 1.28. The first-order valence-corrected chi connectivity index (χ1v) is 6.57. The standard InChI is InChI=1S/C15H22N2O2/c1-5-13(9-16)19-15-8-12(10-17-11(2)3)6-7-14(15)18-4/h6-8,11,13,17H,5,10H2,1-4H3. The molecule has 0 fully saturated rings. The van der Waals surface area contributed by atoms with Crippen LogP contribution in [0.5, 0.6) is 11.5 Å². The van der Waals surface area contributed by atoms with Crippen LogP contribution >= 0.6 is 0 Å². The molecule has 104 valence electrons. The Balaban J connectivity index is 2.86. The van der Waals surface area contributed by atoms with Crippen molar-refractivity contribution in [2.75, 3.05) is 7.11 Å². The van der Waals surface area contributed by atoms with E-state index in [0.29, 0.717) is 24.0 Å². The van der Waals surface area contributed by atoms with E-state index in [-0.39, 0.29) is 0 Å². The molecule has 1 N–H and O–H groups in total. The Labute approximate surface area is 115 Å². The van der Waals surface area contributed by atoms with Gasteiger partial charge in [0.1, 0.15) is 6.07 Å². The zero-order chi connectivity index (χ0) is 14.3. The molecule has 0 heterocycles. The minimum Gasteiger partial charge on any atom is -0.493 e. The number of rotatable bonds is 7. The molecule has 0 bridgehead atoms. The molecule has 0 radical (unpaired) electrons. The molecule has 0 aliphatic carbocycles. The van der Waals surface area contributed by atoms with Crippen LogP contribution in [-0.2, 0) is 6.54 Å². The quantitative estimate of drug-likeness (QED) is 0.821. The van der Waals surface area contributed by atoms with Crippen LogP contribution in [-0.4, -0.2) is 19.3 Å². The van der Waals surface area contributed by atoms with E-state index in [0.717, 1.165) is 12.1 Å². The molecular weight excluding hydrogens is 240 g/mol. The first-order valence-electron chi connectivity index (χ1n) is 6.57. The van der Waals surface area contributed by atoms with Gasteiger partial charge in [0.25, 0.3) is 0 Å². The predicted molar refractivity (Wildman–Crippen MR) is 75.3 cm³/mol. The third-order valence-corrected chi connectivity index (χ3v) is 2.73. The molecule has 1 aromatic rings. The summed E-state index contributed by atoms with van der Waals surface area (Å²) in [5, 5.41) is 12.3. The molecule has 0 aliphatic rings. The van der Waals surface area contributed by atoms with Gasteiger partial charge in [-0.15, -0.1) is 0 Å². The second-order valence-electron chi connectivity index (χ2n) is 4.66. The van der Waals surface area contributed by atoms with Crippen LogP contribution in [0, 0.1) is 11.3 Å². The summed E-state index contributed by atoms with van der Waals surface area (Å²) in [6.45, 7) is 6.89. The molecule has 0 saturated heterocycles. The Morgan fingerprint density at radius 2 is 2.05 bits per heavy atom. The van der Waals surface area contributed by atoms with Gasteiger partial charge >= 0.3 is 0 Å². The second kappa shape index (κ2) is 7.65. The highest BCUT2D eigenvalue weighted by atomic mass is 16.5. The summed E-state index contributed by atoms with van der Waals surface area (Å²) >= 11 is 0. The van der Waals surface area contributed by atoms with Gasteiger partial charge < -0.3 is 14.8 Å². The highest BCUT2D eigenvalue weighted by molar-refractivity contribution is 5.43. The van der Waals surface area contributed by atoms with Crippen molar-refractivity contribution in [1.29, 1.82) is 5.26 Å². The minimum atomic E-state index is -0.442. The molecule has 19 heavy (non-hydrogen) atoms. The summed E-state index contributed by atoms with van der Waals surface area (Å²) in [5.41, 5.74) is 1.11. The van der Waals surface area contributed by atoms with Gasteiger partial charge in [0.05, 0.1) is 7.11 Å². The van der Waals surface area contributed by atoms with Crippen LogP contribution < -0.4 is 14.8 Å². The number of hydrogen-bond acceptors (Lipinski definition) is 4. The zero-order valence-electron chi connectivity index (χ0n) is 12.1. The van der Waals surface area contributed by atoms with E-state index in [1.807, 2.05) is 25.1 Å². The number of methoxy groups -OCH3 is 1. The van der Waals surface area contributed by atoms with Gasteiger partial charge in [-0.2, -0.15) is 5.26 Å². The van der Waals surface area contributed by atoms with E-state index in [1.54, 1.807) is 7.11 Å². The molecule has 1 atom stereocenters. The van der Waals surface area contributed by atoms with E-state index in [2.05, 4.69) is 25.2 Å². The average molecular weight is 262 g/mol. The van der Waals surface area contributed by atoms with Crippen LogP contribution in [0.1, 0.15) is 32.8 Å². The van der Waals surface area contributed by atoms with Crippen molar-refractivity contribution >= 4 is 0 Å². The predicted octanol–water partition coefficient (Wildman–Crippen LogP) is 2.87. The summed E-state index contributed by atoms with van der Waals surface area (Å²) in [6, 6.07) is 8.34. The first-order chi connectivity index (χ1) is 9.10. The average Bonchev–Trinajstić information content (AvgIpc) is 2.42. The molecule has 4 nitrogen and oxygen atoms in total. The molecule has 0 saturated carbocycles. The number of hydrogen-bond donors (Lipinski definition) is 1. The lowest BCUT2D eigenvalue weighted by Gasteiger charge is -2.15. The molecule has 1 rings (SSSR count). The normalized spacial score (nSPS) is 12.0. The fourth-order valence-corrected chi connectivity index (χ4v) is 1.60. The molecule has 0 spiro atoms. The number of ether oxygens (including phenoxy) is 2. The van der Waals surface area contributed by atoms with E-state index < -0.39 is 6.10 Å². The van der Waals surface area contributed by atoms with Crippen molar-refractivity contribution in [3.63, 3.8) is 0 Å². The van der Waals surface area contributed by atoms with Crippen LogP contribution in [0.4, 0.5) is 0 Å². The molecule has 4 heteroatoms. The maximum atomic E-state index is 8.97. The highest BCUT2D eigenvalue weighted by Crippen LogP contribution is 2.29. The summed E-state index contributed by atoms with van der Waals surface area (Å²) in [7, 11) is 1.60. The Kier molecular flexibility index (Phi) is 6.17. The summed E-state index contributed by atoms with van der Waals surface area (Å²) in [6.07, 6.45) is 0.205. The number of nitrogens with one attached hydrogen (secondary N) is 1. The fourth-order valence-electron chi connectivity index (χ4n) is 1.60. The zero-order valence-corrected chi connectivity index (χ0v) is 12.1. The van der Waals surface area contributed by atoms with Gasteiger partial charge in [-0.1, -0.05) is 26.8 Å². The van der Waals surface area contributed by atoms with Gasteiger partial charge in [0.2, 0.25) is 0 Å². The van der Waals surface area contributed by atoms with Crippen LogP contribution in [0.3, 0.4) is 0 Å². The molecule has 1 unspecified atom stereocenters. The van der Waals surface area contributed by atoms with Crippen molar-refractivity contribution in [1.82, 2.24) is 5.32 Å². The SMILES string of the molecule is CCC(C#N)Oc1cc(CNC(C)C)ccc1OC. The maximum absolute atomic E-state index is 8.97. The first kappa shape index (κ1) is 15.3. The van der Waals surface area contributed by atoms with E-state index in [1.165, 1.54) is 0 Å². The molecule has 0 aliphatic heterocycles. The van der Waals surface area contributed by atoms with Gasteiger partial charge in [-0.3, -0.25) is 0 Å². The number of nitriles is 1. The third kappa shape index (κ3) is 4.80. The third-order valence-electron chi connectivity index (χ3n) is 2.73. The smallest absolute Gasteiger partial charge is 0.184 e. The van der Waals surface area contributed by atoms with Gasteiger partial charge in [0, 0.05) is 12.6 Å². The van der Waals surface area contributed by atoms with Gasteiger partial charge in [-0.05, 0) is 24.1 Å². The summed E-state index contributed by atoms with van der Waals surface area (Å²) < 4.78 is 10.9. The van der Waals surface area contributed by atoms with Crippen molar-refractivity contribution in [2.24, 2.45) is 0 Å². The van der Waals surface area contributed by atoms with Crippen molar-refractivity contribution in [2.45, 2.75) is 45.9 Å². The monoisotopic (exact) mass is 262 g/mol. The number of nitrogens with zero attached hydrogens (tertiary/aromatic N) is 1. The Morgan fingerprint density at radius 3 is 2.58 bits per heavy atom. The van der Waals surface area contributed by atoms with Crippen molar-refractivity contribution in [3.8, 4) is 17.6 Å². The van der Waals surface area contributed by atoms with Crippen molar-refractivity contribution < 1.29 is 9.47 Å². The van der Waals surface area contributed by atoms with Crippen LogP contribution in [0.15, 0.2) is 18.2 Å². The van der Waals surface area contributed by atoms with E-state index in [9.17, 15) is 0 Å². The summed E-state index contributed by atoms with van der Waals surface area (Å²) in [4.78, 5) is 0. The lowest BCUT2D eigenvalue weighted by Crippen LogP contribution is -2.22. The largest absolute Gasteiger partial charge is 0.493 e. The van der Waals surface area contributed by atoms with Crippen LogP contribution in [0.2, 0.25) is 0 Å². The molecular formula is C15H22N2O2. The van der Waals surface area contributed by atoms with Crippen molar-refractivity contribution in [3.05, 3.63) is 23.8 Å². The van der Waals surface area contributed by atoms with Crippen LogP contribution in [0.25, 0.3) is 0 Å². The van der Waals surface area contributed by atoms with E-state index in [4.69, 9.17) is 14.7 Å². The van der Waals surface area contributed by atoms with Gasteiger partial charge in [-0.25, -0.2) is 0 Å². The van der Waals surface area contributed by atoms with E-state index >= 15 is 0 Å². The topological polar surface area (TPSA) is 54.3 Å².